The molecule has 10 rings (SSSR count). The average Bonchev–Trinajstić information content (AvgIpc) is 3.65. The molecule has 5 heteroatoms. The molecule has 0 amide bonds. The van der Waals surface area contributed by atoms with Crippen LogP contribution in [0.4, 0.5) is 0 Å². The molecule has 0 saturated carbocycles. The molecule has 0 fully saturated rings. The number of aromatic nitrogens is 4. The number of hydrogen-bond acceptors (Lipinski definition) is 5. The average molecular weight is 575 g/mol. The Kier molecular flexibility index (Phi) is 4.93. The summed E-state index contributed by atoms with van der Waals surface area (Å²) in [5.41, 5.74) is 9.19. The third-order valence-electron chi connectivity index (χ3n) is 8.96. The van der Waals surface area contributed by atoms with Gasteiger partial charge in [-0.25, -0.2) is 15.0 Å². The van der Waals surface area contributed by atoms with Crippen LogP contribution in [0.5, 0.6) is 0 Å². The van der Waals surface area contributed by atoms with E-state index < -0.39 is 0 Å². The van der Waals surface area contributed by atoms with E-state index in [1.807, 2.05) is 24.4 Å². The lowest BCUT2D eigenvalue weighted by atomic mass is 9.98. The van der Waals surface area contributed by atoms with E-state index in [1.54, 1.807) is 6.20 Å². The van der Waals surface area contributed by atoms with Gasteiger partial charge < -0.3 is 4.42 Å². The summed E-state index contributed by atoms with van der Waals surface area (Å²) in [6.45, 7) is 0. The van der Waals surface area contributed by atoms with E-state index >= 15 is 0 Å². The van der Waals surface area contributed by atoms with Crippen LogP contribution < -0.4 is 0 Å². The number of furan rings is 1. The third kappa shape index (κ3) is 3.55. The monoisotopic (exact) mass is 574 g/mol. The fourth-order valence-electron chi connectivity index (χ4n) is 6.92. The Morgan fingerprint density at radius 1 is 0.400 bits per heavy atom. The van der Waals surface area contributed by atoms with E-state index in [2.05, 4.69) is 108 Å². The van der Waals surface area contributed by atoms with Crippen molar-refractivity contribution in [2.45, 2.75) is 0 Å². The number of para-hydroxylation sites is 1. The molecule has 0 N–H and O–H groups in total. The van der Waals surface area contributed by atoms with E-state index in [4.69, 9.17) is 19.4 Å². The number of benzene rings is 6. The van der Waals surface area contributed by atoms with Crippen LogP contribution in [0.1, 0.15) is 0 Å². The molecule has 0 unspecified atom stereocenters. The SMILES string of the molecule is c1ccc2c(c1)-c1cccc3c(-c4nc(-c5ccc6ccccc6c5)nc(-c5cncc6oc7ccccc7c56)n4)ccc-2c13. The maximum absolute atomic E-state index is 6.18. The van der Waals surface area contributed by atoms with Crippen molar-refractivity contribution in [1.82, 2.24) is 19.9 Å². The lowest BCUT2D eigenvalue weighted by Gasteiger charge is -2.12. The van der Waals surface area contributed by atoms with Gasteiger partial charge in [0.25, 0.3) is 0 Å². The predicted octanol–water partition coefficient (Wildman–Crippen LogP) is 10.1. The first-order valence-corrected chi connectivity index (χ1v) is 15.0. The Morgan fingerprint density at radius 2 is 1.07 bits per heavy atom. The van der Waals surface area contributed by atoms with Crippen molar-refractivity contribution in [1.29, 1.82) is 0 Å². The summed E-state index contributed by atoms with van der Waals surface area (Å²) < 4.78 is 6.18. The van der Waals surface area contributed by atoms with E-state index in [0.29, 0.717) is 23.1 Å². The highest BCUT2D eigenvalue weighted by Crippen LogP contribution is 2.49. The fraction of sp³-hybridized carbons (Fsp3) is 0. The zero-order valence-electron chi connectivity index (χ0n) is 23.9. The maximum Gasteiger partial charge on any atom is 0.166 e. The van der Waals surface area contributed by atoms with Crippen LogP contribution >= 0.6 is 0 Å². The van der Waals surface area contributed by atoms with Crippen molar-refractivity contribution in [3.05, 3.63) is 134 Å². The van der Waals surface area contributed by atoms with E-state index in [9.17, 15) is 0 Å². The molecular weight excluding hydrogens is 552 g/mol. The molecule has 9 aromatic rings. The zero-order valence-corrected chi connectivity index (χ0v) is 23.9. The van der Waals surface area contributed by atoms with Crippen molar-refractivity contribution in [3.63, 3.8) is 0 Å². The van der Waals surface area contributed by atoms with Crippen LogP contribution in [0, 0.1) is 0 Å². The van der Waals surface area contributed by atoms with Gasteiger partial charge in [0.15, 0.2) is 23.1 Å². The highest BCUT2D eigenvalue weighted by atomic mass is 16.3. The summed E-state index contributed by atoms with van der Waals surface area (Å²) in [5.74, 6) is 1.78. The van der Waals surface area contributed by atoms with Crippen molar-refractivity contribution in [2.75, 3.05) is 0 Å². The Balaban J connectivity index is 1.27. The van der Waals surface area contributed by atoms with Crippen LogP contribution in [-0.4, -0.2) is 19.9 Å². The molecule has 0 aliphatic heterocycles. The molecule has 5 nitrogen and oxygen atoms in total. The molecular formula is C40H22N4O. The predicted molar refractivity (Wildman–Crippen MR) is 181 cm³/mol. The fourth-order valence-corrected chi connectivity index (χ4v) is 6.92. The minimum Gasteiger partial charge on any atom is -0.454 e. The van der Waals surface area contributed by atoms with Gasteiger partial charge in [-0.05, 0) is 62.0 Å². The van der Waals surface area contributed by atoms with Gasteiger partial charge in [0, 0.05) is 33.7 Å². The van der Waals surface area contributed by atoms with Gasteiger partial charge in [-0.1, -0.05) is 103 Å². The Bertz CT molecular complexity index is 2640. The summed E-state index contributed by atoms with van der Waals surface area (Å²) in [4.78, 5) is 20.0. The smallest absolute Gasteiger partial charge is 0.166 e. The Labute approximate surface area is 257 Å². The van der Waals surface area contributed by atoms with Gasteiger partial charge in [0.05, 0.1) is 6.20 Å². The molecule has 45 heavy (non-hydrogen) atoms. The van der Waals surface area contributed by atoms with Crippen LogP contribution in [-0.2, 0) is 0 Å². The van der Waals surface area contributed by atoms with Crippen LogP contribution in [0.2, 0.25) is 0 Å². The number of pyridine rings is 1. The topological polar surface area (TPSA) is 64.7 Å². The van der Waals surface area contributed by atoms with Crippen molar-refractivity contribution in [3.8, 4) is 56.4 Å². The molecule has 0 radical (unpaired) electrons. The minimum atomic E-state index is 0.555. The summed E-state index contributed by atoms with van der Waals surface area (Å²) in [6.07, 6.45) is 3.59. The molecule has 1 aliphatic rings. The number of fused-ring (bicyclic) bond motifs is 7. The highest BCUT2D eigenvalue weighted by molar-refractivity contribution is 6.18. The molecule has 0 saturated heterocycles. The van der Waals surface area contributed by atoms with Gasteiger partial charge in [-0.2, -0.15) is 0 Å². The number of nitrogens with zero attached hydrogens (tertiary/aromatic N) is 4. The van der Waals surface area contributed by atoms with Gasteiger partial charge in [-0.15, -0.1) is 0 Å². The molecule has 1 aliphatic carbocycles. The molecule has 3 aromatic heterocycles. The molecule has 0 bridgehead atoms. The largest absolute Gasteiger partial charge is 0.454 e. The Hall–Kier alpha value is -6.20. The second kappa shape index (κ2) is 9.15. The first-order valence-electron chi connectivity index (χ1n) is 15.0. The van der Waals surface area contributed by atoms with Gasteiger partial charge in [0.1, 0.15) is 5.58 Å². The van der Waals surface area contributed by atoms with E-state index in [-0.39, 0.29) is 0 Å². The molecule has 6 aromatic carbocycles. The lowest BCUT2D eigenvalue weighted by molar-refractivity contribution is 0.667. The second-order valence-electron chi connectivity index (χ2n) is 11.5. The molecule has 0 atom stereocenters. The van der Waals surface area contributed by atoms with Gasteiger partial charge in [-0.3, -0.25) is 4.98 Å². The minimum absolute atomic E-state index is 0.555. The summed E-state index contributed by atoms with van der Waals surface area (Å²) in [5, 5.41) is 6.59. The molecule has 208 valence electrons. The van der Waals surface area contributed by atoms with Crippen molar-refractivity contribution in [2.24, 2.45) is 0 Å². The van der Waals surface area contributed by atoms with Crippen molar-refractivity contribution < 1.29 is 4.42 Å². The van der Waals surface area contributed by atoms with Crippen molar-refractivity contribution >= 4 is 43.5 Å². The lowest BCUT2D eigenvalue weighted by Crippen LogP contribution is -2.01. The van der Waals surface area contributed by atoms with E-state index in [0.717, 1.165) is 43.8 Å². The summed E-state index contributed by atoms with van der Waals surface area (Å²) in [6, 6.07) is 42.2. The highest BCUT2D eigenvalue weighted by Gasteiger charge is 2.24. The summed E-state index contributed by atoms with van der Waals surface area (Å²) in [7, 11) is 0. The zero-order chi connectivity index (χ0) is 29.5. The standard InChI is InChI=1S/C40H22N4O/c1-2-9-24-20-25(17-16-23(24)8-1)38-42-39(31-19-18-30-27-11-4-3-10-26(27)28-13-7-14-29(31)36(28)30)44-40(43-38)33-21-41-22-35-37(33)32-12-5-6-15-34(32)45-35/h1-22H. The quantitative estimate of drug-likeness (QED) is 0.210. The number of hydrogen-bond donors (Lipinski definition) is 0. The first kappa shape index (κ1) is 24.3. The third-order valence-corrected chi connectivity index (χ3v) is 8.96. The summed E-state index contributed by atoms with van der Waals surface area (Å²) >= 11 is 0. The molecule has 3 heterocycles. The maximum atomic E-state index is 6.18. The number of rotatable bonds is 3. The first-order chi connectivity index (χ1) is 22.3. The van der Waals surface area contributed by atoms with Gasteiger partial charge >= 0.3 is 0 Å². The second-order valence-corrected chi connectivity index (χ2v) is 11.5. The van der Waals surface area contributed by atoms with Gasteiger partial charge in [0.2, 0.25) is 0 Å². The molecule has 0 spiro atoms. The van der Waals surface area contributed by atoms with Crippen LogP contribution in [0.3, 0.4) is 0 Å². The Morgan fingerprint density at radius 3 is 1.96 bits per heavy atom. The normalized spacial score (nSPS) is 12.0. The van der Waals surface area contributed by atoms with Crippen LogP contribution in [0.25, 0.3) is 99.9 Å². The van der Waals surface area contributed by atoms with E-state index in [1.165, 1.54) is 33.0 Å². The van der Waals surface area contributed by atoms with Crippen LogP contribution in [0.15, 0.2) is 138 Å².